The van der Waals surface area contributed by atoms with Crippen molar-refractivity contribution in [3.8, 4) is 11.5 Å². The summed E-state index contributed by atoms with van der Waals surface area (Å²) in [5.74, 6) is 2.06. The molecule has 2 aromatic rings. The predicted octanol–water partition coefficient (Wildman–Crippen LogP) is 3.78. The Balaban J connectivity index is 1.56. The van der Waals surface area contributed by atoms with Crippen molar-refractivity contribution in [3.63, 3.8) is 0 Å². The van der Waals surface area contributed by atoms with E-state index in [1.54, 1.807) is 0 Å². The van der Waals surface area contributed by atoms with Gasteiger partial charge in [0.2, 0.25) is 5.91 Å². The molecule has 136 valence electrons. The highest BCUT2D eigenvalue weighted by atomic mass is 16.6. The molecule has 0 saturated carbocycles. The fraction of sp³-hybridized carbons (Fsp3) is 0.409. The van der Waals surface area contributed by atoms with Crippen molar-refractivity contribution in [3.05, 3.63) is 59.2 Å². The number of benzene rings is 2. The maximum absolute atomic E-state index is 13.1. The summed E-state index contributed by atoms with van der Waals surface area (Å²) in [5.41, 5.74) is 3.64. The number of nitrogens with zero attached hydrogens (tertiary/aromatic N) is 1. The third kappa shape index (κ3) is 3.16. The summed E-state index contributed by atoms with van der Waals surface area (Å²) in [6, 6.07) is 14.5. The number of amides is 1. The zero-order chi connectivity index (χ0) is 18.1. The zero-order valence-electron chi connectivity index (χ0n) is 15.4. The van der Waals surface area contributed by atoms with Crippen molar-refractivity contribution in [1.29, 1.82) is 0 Å². The number of carbonyl (C=O) groups is 1. The summed E-state index contributed by atoms with van der Waals surface area (Å²) >= 11 is 0. The van der Waals surface area contributed by atoms with Gasteiger partial charge in [0.15, 0.2) is 11.5 Å². The van der Waals surface area contributed by atoms with E-state index < -0.39 is 0 Å². The van der Waals surface area contributed by atoms with Crippen LogP contribution in [0.1, 0.15) is 36.6 Å². The van der Waals surface area contributed by atoms with Crippen LogP contribution in [0.5, 0.6) is 11.5 Å². The van der Waals surface area contributed by atoms with Crippen LogP contribution in [0.3, 0.4) is 0 Å². The predicted molar refractivity (Wildman–Crippen MR) is 101 cm³/mol. The van der Waals surface area contributed by atoms with Crippen LogP contribution in [0, 0.1) is 5.92 Å². The van der Waals surface area contributed by atoms with Gasteiger partial charge in [-0.3, -0.25) is 4.79 Å². The highest BCUT2D eigenvalue weighted by molar-refractivity contribution is 5.80. The van der Waals surface area contributed by atoms with Gasteiger partial charge in [0.1, 0.15) is 13.2 Å². The van der Waals surface area contributed by atoms with Gasteiger partial charge in [-0.1, -0.05) is 44.2 Å². The molecule has 0 spiro atoms. The highest BCUT2D eigenvalue weighted by Gasteiger charge is 2.32. The highest BCUT2D eigenvalue weighted by Crippen LogP contribution is 2.36. The number of hydrogen-bond acceptors (Lipinski definition) is 3. The summed E-state index contributed by atoms with van der Waals surface area (Å²) < 4.78 is 11.2. The molecule has 4 rings (SSSR count). The van der Waals surface area contributed by atoms with Crippen LogP contribution in [0.25, 0.3) is 0 Å². The molecule has 2 aliphatic rings. The van der Waals surface area contributed by atoms with Crippen molar-refractivity contribution in [2.45, 2.75) is 32.7 Å². The molecule has 1 amide bonds. The molecule has 0 saturated heterocycles. The van der Waals surface area contributed by atoms with Crippen LogP contribution in [0.2, 0.25) is 0 Å². The lowest BCUT2D eigenvalue weighted by Gasteiger charge is -2.40. The Morgan fingerprint density at radius 1 is 1.12 bits per heavy atom. The summed E-state index contributed by atoms with van der Waals surface area (Å²) in [4.78, 5) is 15.2. The summed E-state index contributed by atoms with van der Waals surface area (Å²) in [5, 5.41) is 0. The average Bonchev–Trinajstić information content (AvgIpc) is 2.66. The number of rotatable bonds is 3. The molecule has 0 bridgehead atoms. The normalized spacial score (nSPS) is 18.6. The zero-order valence-corrected chi connectivity index (χ0v) is 15.4. The van der Waals surface area contributed by atoms with Gasteiger partial charge in [0.25, 0.3) is 0 Å². The van der Waals surface area contributed by atoms with Gasteiger partial charge >= 0.3 is 0 Å². The first-order chi connectivity index (χ1) is 12.6. The molecule has 2 aliphatic heterocycles. The third-order valence-electron chi connectivity index (χ3n) is 5.25. The number of carbonyl (C=O) groups excluding carboxylic acids is 1. The number of ether oxygens (including phenoxy) is 2. The van der Waals surface area contributed by atoms with Gasteiger partial charge in [0.05, 0.1) is 12.5 Å². The molecule has 0 aliphatic carbocycles. The average molecular weight is 351 g/mol. The van der Waals surface area contributed by atoms with Crippen LogP contribution in [-0.2, 0) is 17.6 Å². The Hall–Kier alpha value is -2.49. The fourth-order valence-corrected chi connectivity index (χ4v) is 4.07. The van der Waals surface area contributed by atoms with E-state index in [-0.39, 0.29) is 11.9 Å². The van der Waals surface area contributed by atoms with E-state index in [2.05, 4.69) is 43.0 Å². The Morgan fingerprint density at radius 2 is 1.88 bits per heavy atom. The van der Waals surface area contributed by atoms with Crippen LogP contribution < -0.4 is 9.47 Å². The second-order valence-corrected chi connectivity index (χ2v) is 7.38. The minimum Gasteiger partial charge on any atom is -0.486 e. The Morgan fingerprint density at radius 3 is 2.69 bits per heavy atom. The van der Waals surface area contributed by atoms with Gasteiger partial charge in [-0.05, 0) is 41.2 Å². The van der Waals surface area contributed by atoms with E-state index in [0.717, 1.165) is 30.0 Å². The molecule has 0 N–H and O–H groups in total. The number of fused-ring (bicyclic) bond motifs is 2. The Bertz CT molecular complexity index is 815. The van der Waals surface area contributed by atoms with Gasteiger partial charge in [-0.25, -0.2) is 0 Å². The molecular formula is C22H25NO3. The van der Waals surface area contributed by atoms with E-state index in [1.807, 2.05) is 18.2 Å². The monoisotopic (exact) mass is 351 g/mol. The fourth-order valence-electron chi connectivity index (χ4n) is 4.07. The van der Waals surface area contributed by atoms with Crippen molar-refractivity contribution in [1.82, 2.24) is 4.90 Å². The molecule has 0 fully saturated rings. The van der Waals surface area contributed by atoms with Crippen LogP contribution >= 0.6 is 0 Å². The molecule has 2 heterocycles. The van der Waals surface area contributed by atoms with E-state index in [9.17, 15) is 4.79 Å². The van der Waals surface area contributed by atoms with Crippen LogP contribution in [0.15, 0.2) is 42.5 Å². The minimum absolute atomic E-state index is 0.143. The lowest BCUT2D eigenvalue weighted by molar-refractivity contribution is -0.134. The minimum atomic E-state index is 0.143. The Kier molecular flexibility index (Phi) is 4.58. The molecule has 26 heavy (non-hydrogen) atoms. The van der Waals surface area contributed by atoms with E-state index in [0.29, 0.717) is 25.6 Å². The second kappa shape index (κ2) is 7.02. The van der Waals surface area contributed by atoms with Crippen molar-refractivity contribution >= 4 is 5.91 Å². The molecule has 4 nitrogen and oxygen atoms in total. The molecule has 1 unspecified atom stereocenters. The molecule has 0 radical (unpaired) electrons. The van der Waals surface area contributed by atoms with Gasteiger partial charge in [-0.2, -0.15) is 0 Å². The maximum atomic E-state index is 13.1. The van der Waals surface area contributed by atoms with E-state index in [4.69, 9.17) is 9.47 Å². The first-order valence-electron chi connectivity index (χ1n) is 9.39. The lowest BCUT2D eigenvalue weighted by atomic mass is 9.86. The van der Waals surface area contributed by atoms with Crippen LogP contribution in [-0.4, -0.2) is 30.6 Å². The van der Waals surface area contributed by atoms with Crippen molar-refractivity contribution in [2.75, 3.05) is 19.8 Å². The molecule has 2 aromatic carbocycles. The van der Waals surface area contributed by atoms with E-state index >= 15 is 0 Å². The second-order valence-electron chi connectivity index (χ2n) is 7.38. The van der Waals surface area contributed by atoms with Gasteiger partial charge in [-0.15, -0.1) is 0 Å². The van der Waals surface area contributed by atoms with Crippen molar-refractivity contribution < 1.29 is 14.3 Å². The third-order valence-corrected chi connectivity index (χ3v) is 5.25. The lowest BCUT2D eigenvalue weighted by Crippen LogP contribution is -2.43. The molecular weight excluding hydrogens is 326 g/mol. The quantitative estimate of drug-likeness (QED) is 0.845. The first kappa shape index (κ1) is 17.0. The van der Waals surface area contributed by atoms with Crippen molar-refractivity contribution in [2.24, 2.45) is 5.92 Å². The van der Waals surface area contributed by atoms with E-state index in [1.165, 1.54) is 11.1 Å². The summed E-state index contributed by atoms with van der Waals surface area (Å²) in [6.45, 7) is 6.30. The molecule has 4 heteroatoms. The number of hydrogen-bond donors (Lipinski definition) is 0. The smallest absolute Gasteiger partial charge is 0.227 e. The standard InChI is InChI=1S/C22H25NO3/c1-15(2)22-18-6-4-3-5-17(18)9-10-23(22)21(24)14-16-7-8-19-20(13-16)26-12-11-25-19/h3-8,13,15,22H,9-12,14H2,1-2H3. The Labute approximate surface area is 154 Å². The maximum Gasteiger partial charge on any atom is 0.227 e. The summed E-state index contributed by atoms with van der Waals surface area (Å²) in [7, 11) is 0. The molecule has 1 atom stereocenters. The first-order valence-corrected chi connectivity index (χ1v) is 9.39. The summed E-state index contributed by atoms with van der Waals surface area (Å²) in [6.07, 6.45) is 1.31. The van der Waals surface area contributed by atoms with Gasteiger partial charge in [0, 0.05) is 6.54 Å². The van der Waals surface area contributed by atoms with Gasteiger partial charge < -0.3 is 14.4 Å². The largest absolute Gasteiger partial charge is 0.486 e. The molecule has 0 aromatic heterocycles. The van der Waals surface area contributed by atoms with Crippen LogP contribution in [0.4, 0.5) is 0 Å². The topological polar surface area (TPSA) is 38.8 Å². The SMILES string of the molecule is CC(C)C1c2ccccc2CCN1C(=O)Cc1ccc2c(c1)OCCO2.